The lowest BCUT2D eigenvalue weighted by molar-refractivity contribution is 0.478. The van der Waals surface area contributed by atoms with Gasteiger partial charge < -0.3 is 5.32 Å². The van der Waals surface area contributed by atoms with Gasteiger partial charge in [-0.15, -0.1) is 0 Å². The third-order valence-electron chi connectivity index (χ3n) is 4.63. The van der Waals surface area contributed by atoms with Crippen molar-refractivity contribution in [2.75, 3.05) is 0 Å². The van der Waals surface area contributed by atoms with Crippen molar-refractivity contribution < 1.29 is 0 Å². The molecular weight excluding hydrogens is 254 g/mol. The first-order chi connectivity index (χ1) is 10.2. The molecule has 1 fully saturated rings. The summed E-state index contributed by atoms with van der Waals surface area (Å²) in [5, 5.41) is 3.91. The van der Waals surface area contributed by atoms with Gasteiger partial charge in [0.15, 0.2) is 0 Å². The minimum atomic E-state index is 0.315. The maximum absolute atomic E-state index is 3.91. The Balaban J connectivity index is 1.94. The highest BCUT2D eigenvalue weighted by molar-refractivity contribution is 5.39. The molecule has 0 spiro atoms. The third-order valence-corrected chi connectivity index (χ3v) is 4.63. The van der Waals surface area contributed by atoms with Crippen LogP contribution < -0.4 is 5.32 Å². The summed E-state index contributed by atoms with van der Waals surface area (Å²) in [5.41, 5.74) is 5.51. The molecule has 0 bridgehead atoms. The first-order valence-corrected chi connectivity index (χ1v) is 8.12. The van der Waals surface area contributed by atoms with Gasteiger partial charge in [0.1, 0.15) is 0 Å². The van der Waals surface area contributed by atoms with Gasteiger partial charge in [-0.1, -0.05) is 66.9 Å². The summed E-state index contributed by atoms with van der Waals surface area (Å²) in [5.74, 6) is 0. The van der Waals surface area contributed by atoms with Crippen LogP contribution in [0.5, 0.6) is 0 Å². The summed E-state index contributed by atoms with van der Waals surface area (Å²) in [6.07, 6.45) is 5.36. The Labute approximate surface area is 128 Å². The molecule has 2 aromatic rings. The summed E-state index contributed by atoms with van der Waals surface area (Å²) in [6, 6.07) is 18.7. The Morgan fingerprint density at radius 1 is 0.952 bits per heavy atom. The molecule has 0 radical (unpaired) electrons. The zero-order valence-corrected chi connectivity index (χ0v) is 13.1. The van der Waals surface area contributed by atoms with Crippen LogP contribution in [-0.2, 0) is 0 Å². The second-order valence-electron chi connectivity index (χ2n) is 6.35. The zero-order valence-electron chi connectivity index (χ0n) is 13.1. The second-order valence-corrected chi connectivity index (χ2v) is 6.35. The molecule has 0 amide bonds. The lowest BCUT2D eigenvalue weighted by atomic mass is 9.93. The Morgan fingerprint density at radius 2 is 1.67 bits per heavy atom. The highest BCUT2D eigenvalue weighted by atomic mass is 15.0. The molecule has 0 heterocycles. The topological polar surface area (TPSA) is 12.0 Å². The lowest BCUT2D eigenvalue weighted by Gasteiger charge is -2.25. The smallest absolute Gasteiger partial charge is 0.0581 e. The molecule has 110 valence electrons. The predicted octanol–water partition coefficient (Wildman–Crippen LogP) is 4.93. The van der Waals surface area contributed by atoms with Gasteiger partial charge in [-0.05, 0) is 43.4 Å². The monoisotopic (exact) mass is 279 g/mol. The molecule has 1 atom stereocenters. The largest absolute Gasteiger partial charge is 0.303 e. The SMILES string of the molecule is Cc1ccc(C(NC2CCCC2)c2ccccc2)c(C)c1. The van der Waals surface area contributed by atoms with Crippen LogP contribution in [0.2, 0.25) is 0 Å². The summed E-state index contributed by atoms with van der Waals surface area (Å²) in [7, 11) is 0. The molecule has 1 N–H and O–H groups in total. The minimum absolute atomic E-state index is 0.315. The van der Waals surface area contributed by atoms with E-state index in [0.717, 1.165) is 0 Å². The lowest BCUT2D eigenvalue weighted by Crippen LogP contribution is -2.31. The van der Waals surface area contributed by atoms with Gasteiger partial charge in [-0.3, -0.25) is 0 Å². The summed E-state index contributed by atoms with van der Waals surface area (Å²) < 4.78 is 0. The van der Waals surface area contributed by atoms with Crippen LogP contribution in [-0.4, -0.2) is 6.04 Å². The third kappa shape index (κ3) is 3.36. The fourth-order valence-electron chi connectivity index (χ4n) is 3.49. The van der Waals surface area contributed by atoms with Gasteiger partial charge in [0.25, 0.3) is 0 Å². The number of aryl methyl sites for hydroxylation is 2. The van der Waals surface area contributed by atoms with E-state index in [0.29, 0.717) is 12.1 Å². The molecule has 1 heteroatoms. The Bertz CT molecular complexity index is 582. The van der Waals surface area contributed by atoms with Crippen molar-refractivity contribution in [1.29, 1.82) is 0 Å². The minimum Gasteiger partial charge on any atom is -0.303 e. The highest BCUT2D eigenvalue weighted by Crippen LogP contribution is 2.29. The average Bonchev–Trinajstić information content (AvgIpc) is 2.99. The molecule has 1 aliphatic carbocycles. The van der Waals surface area contributed by atoms with E-state index in [1.807, 2.05) is 0 Å². The number of benzene rings is 2. The fourth-order valence-corrected chi connectivity index (χ4v) is 3.49. The van der Waals surface area contributed by atoms with E-state index in [9.17, 15) is 0 Å². The maximum Gasteiger partial charge on any atom is 0.0581 e. The van der Waals surface area contributed by atoms with E-state index in [-0.39, 0.29) is 0 Å². The van der Waals surface area contributed by atoms with Crippen LogP contribution in [0.1, 0.15) is 54.0 Å². The highest BCUT2D eigenvalue weighted by Gasteiger charge is 2.22. The van der Waals surface area contributed by atoms with Crippen molar-refractivity contribution in [1.82, 2.24) is 5.32 Å². The van der Waals surface area contributed by atoms with E-state index in [2.05, 4.69) is 67.7 Å². The van der Waals surface area contributed by atoms with Gasteiger partial charge in [0.05, 0.1) is 6.04 Å². The van der Waals surface area contributed by atoms with E-state index in [4.69, 9.17) is 0 Å². The molecule has 2 aromatic carbocycles. The summed E-state index contributed by atoms with van der Waals surface area (Å²) in [6.45, 7) is 4.40. The fraction of sp³-hybridized carbons (Fsp3) is 0.400. The van der Waals surface area contributed by atoms with Crippen LogP contribution in [0.15, 0.2) is 48.5 Å². The molecule has 0 aliphatic heterocycles. The number of rotatable bonds is 4. The Kier molecular flexibility index (Phi) is 4.40. The first-order valence-electron chi connectivity index (χ1n) is 8.12. The first kappa shape index (κ1) is 14.3. The quantitative estimate of drug-likeness (QED) is 0.837. The number of hydrogen-bond donors (Lipinski definition) is 1. The Hall–Kier alpha value is -1.60. The molecule has 1 saturated carbocycles. The van der Waals surface area contributed by atoms with Crippen molar-refractivity contribution in [2.24, 2.45) is 0 Å². The van der Waals surface area contributed by atoms with Gasteiger partial charge in [0.2, 0.25) is 0 Å². The van der Waals surface area contributed by atoms with Crippen LogP contribution >= 0.6 is 0 Å². The molecule has 1 unspecified atom stereocenters. The number of hydrogen-bond acceptors (Lipinski definition) is 1. The number of nitrogens with one attached hydrogen (secondary N) is 1. The van der Waals surface area contributed by atoms with Crippen molar-refractivity contribution in [2.45, 2.75) is 51.6 Å². The van der Waals surface area contributed by atoms with Crippen molar-refractivity contribution in [3.05, 3.63) is 70.8 Å². The van der Waals surface area contributed by atoms with Crippen LogP contribution in [0.25, 0.3) is 0 Å². The molecule has 0 aromatic heterocycles. The van der Waals surface area contributed by atoms with Gasteiger partial charge in [-0.2, -0.15) is 0 Å². The van der Waals surface area contributed by atoms with E-state index >= 15 is 0 Å². The molecule has 1 aliphatic rings. The van der Waals surface area contributed by atoms with Crippen molar-refractivity contribution >= 4 is 0 Å². The predicted molar refractivity (Wildman–Crippen MR) is 89.6 cm³/mol. The van der Waals surface area contributed by atoms with Crippen molar-refractivity contribution in [3.8, 4) is 0 Å². The summed E-state index contributed by atoms with van der Waals surface area (Å²) >= 11 is 0. The summed E-state index contributed by atoms with van der Waals surface area (Å²) in [4.78, 5) is 0. The normalized spacial score (nSPS) is 17.0. The average molecular weight is 279 g/mol. The van der Waals surface area contributed by atoms with Gasteiger partial charge >= 0.3 is 0 Å². The van der Waals surface area contributed by atoms with E-state index in [1.54, 1.807) is 0 Å². The molecule has 3 rings (SSSR count). The Morgan fingerprint density at radius 3 is 2.33 bits per heavy atom. The van der Waals surface area contributed by atoms with Gasteiger partial charge in [-0.25, -0.2) is 0 Å². The zero-order chi connectivity index (χ0) is 14.7. The van der Waals surface area contributed by atoms with E-state index in [1.165, 1.54) is 47.9 Å². The second kappa shape index (κ2) is 6.44. The van der Waals surface area contributed by atoms with Crippen LogP contribution in [0, 0.1) is 13.8 Å². The van der Waals surface area contributed by atoms with Crippen LogP contribution in [0.4, 0.5) is 0 Å². The molecular formula is C20H25N. The van der Waals surface area contributed by atoms with Gasteiger partial charge in [0, 0.05) is 6.04 Å². The van der Waals surface area contributed by atoms with Crippen LogP contribution in [0.3, 0.4) is 0 Å². The molecule has 0 saturated heterocycles. The standard InChI is InChI=1S/C20H25N/c1-15-12-13-19(16(2)14-15)20(17-8-4-3-5-9-17)21-18-10-6-7-11-18/h3-5,8-9,12-14,18,20-21H,6-7,10-11H2,1-2H3. The maximum atomic E-state index is 3.91. The van der Waals surface area contributed by atoms with E-state index < -0.39 is 0 Å². The molecule has 1 nitrogen and oxygen atoms in total. The van der Waals surface area contributed by atoms with Crippen molar-refractivity contribution in [3.63, 3.8) is 0 Å². The molecule has 21 heavy (non-hydrogen) atoms.